The Kier molecular flexibility index (Phi) is 5.49. The minimum Gasteiger partial charge on any atom is -0.497 e. The molecule has 1 unspecified atom stereocenters. The molecule has 2 aromatic rings. The molecule has 4 rings (SSSR count). The zero-order chi connectivity index (χ0) is 22.0. The smallest absolute Gasteiger partial charge is 0.350 e. The Bertz CT molecular complexity index is 1060. The first-order chi connectivity index (χ1) is 14.9. The van der Waals surface area contributed by atoms with Crippen LogP contribution in [0, 0.1) is 0 Å². The van der Waals surface area contributed by atoms with E-state index in [1.165, 1.54) is 23.2 Å². The zero-order valence-electron chi connectivity index (χ0n) is 16.8. The molecule has 158 valence electrons. The summed E-state index contributed by atoms with van der Waals surface area (Å²) in [6.45, 7) is 0.361. The molecular formula is C20H19BF2N6O2. The molecule has 0 fully saturated rings. The van der Waals surface area contributed by atoms with Crippen molar-refractivity contribution in [3.8, 4) is 11.5 Å². The third kappa shape index (κ3) is 4.03. The molecule has 8 nitrogen and oxygen atoms in total. The number of amidine groups is 1. The third-order valence-corrected chi connectivity index (χ3v) is 4.83. The van der Waals surface area contributed by atoms with E-state index in [0.29, 0.717) is 29.3 Å². The number of nitrogens with zero attached hydrogens (tertiary/aromatic N) is 4. The Balaban J connectivity index is 1.46. The largest absolute Gasteiger partial charge is 0.497 e. The van der Waals surface area contributed by atoms with Crippen molar-refractivity contribution in [1.29, 1.82) is 0 Å². The summed E-state index contributed by atoms with van der Waals surface area (Å²) in [6, 6.07) is 8.05. The summed E-state index contributed by atoms with van der Waals surface area (Å²) in [5.41, 5.74) is 3.31. The van der Waals surface area contributed by atoms with Gasteiger partial charge in [-0.1, -0.05) is 11.5 Å². The molecule has 2 aliphatic heterocycles. The molecule has 2 aliphatic rings. The molecule has 1 atom stereocenters. The second kappa shape index (κ2) is 8.25. The number of anilines is 1. The molecular weight excluding hydrogens is 405 g/mol. The van der Waals surface area contributed by atoms with Crippen molar-refractivity contribution in [2.24, 2.45) is 5.10 Å². The maximum Gasteiger partial charge on any atom is 0.350 e. The molecule has 11 heteroatoms. The van der Waals surface area contributed by atoms with E-state index in [4.69, 9.17) is 17.3 Å². The minimum atomic E-state index is -3.46. The van der Waals surface area contributed by atoms with Crippen LogP contribution in [-0.4, -0.2) is 49.2 Å². The molecule has 1 aromatic heterocycles. The number of nitrogens with one attached hydrogen (secondary N) is 2. The fourth-order valence-corrected chi connectivity index (χ4v) is 3.19. The topological polar surface area (TPSA) is 83.9 Å². The van der Waals surface area contributed by atoms with Crippen LogP contribution in [0.3, 0.4) is 0 Å². The number of methoxy groups -OCH3 is 2. The molecule has 2 N–H and O–H groups in total. The van der Waals surface area contributed by atoms with Gasteiger partial charge < -0.3 is 19.7 Å². The Morgan fingerprint density at radius 3 is 2.74 bits per heavy atom. The first kappa shape index (κ1) is 20.6. The number of aromatic nitrogens is 2. The van der Waals surface area contributed by atoms with Gasteiger partial charge in [-0.05, 0) is 30.3 Å². The Labute approximate surface area is 179 Å². The SMILES string of the molecule is [B]C1=CN2C(C(F)(F)c3ccc(NCc4ccc(OC)cc4OC)nn3)=NNC2C=C1. The number of alkyl halides is 2. The zero-order valence-corrected chi connectivity index (χ0v) is 16.8. The van der Waals surface area contributed by atoms with Crippen LogP contribution in [0.2, 0.25) is 0 Å². The Hall–Kier alpha value is -3.63. The van der Waals surface area contributed by atoms with Crippen molar-refractivity contribution in [1.82, 2.24) is 20.5 Å². The number of fused-ring (bicyclic) bond motifs is 1. The average molecular weight is 424 g/mol. The third-order valence-electron chi connectivity index (χ3n) is 4.83. The normalized spacial score (nSPS) is 17.4. The average Bonchev–Trinajstić information content (AvgIpc) is 3.21. The molecule has 0 saturated carbocycles. The summed E-state index contributed by atoms with van der Waals surface area (Å²) < 4.78 is 40.6. The number of allylic oxidation sites excluding steroid dienone is 2. The summed E-state index contributed by atoms with van der Waals surface area (Å²) in [5, 5.41) is 14.4. The first-order valence-corrected chi connectivity index (χ1v) is 9.36. The number of hydrogen-bond donors (Lipinski definition) is 2. The van der Waals surface area contributed by atoms with Crippen LogP contribution in [0.25, 0.3) is 0 Å². The monoisotopic (exact) mass is 424 g/mol. The number of benzene rings is 1. The van der Waals surface area contributed by atoms with Crippen molar-refractivity contribution in [3.63, 3.8) is 0 Å². The van der Waals surface area contributed by atoms with E-state index in [2.05, 4.69) is 26.0 Å². The van der Waals surface area contributed by atoms with Gasteiger partial charge in [0.25, 0.3) is 0 Å². The Morgan fingerprint density at radius 1 is 1.19 bits per heavy atom. The van der Waals surface area contributed by atoms with Crippen molar-refractivity contribution >= 4 is 19.5 Å². The lowest BCUT2D eigenvalue weighted by Crippen LogP contribution is -2.43. The van der Waals surface area contributed by atoms with Gasteiger partial charge in [0.1, 0.15) is 37.0 Å². The number of rotatable bonds is 7. The lowest BCUT2D eigenvalue weighted by Gasteiger charge is -2.28. The van der Waals surface area contributed by atoms with E-state index in [9.17, 15) is 0 Å². The van der Waals surface area contributed by atoms with Gasteiger partial charge in [0.15, 0.2) is 0 Å². The van der Waals surface area contributed by atoms with Gasteiger partial charge >= 0.3 is 5.92 Å². The van der Waals surface area contributed by atoms with Crippen LogP contribution in [0.4, 0.5) is 14.6 Å². The highest BCUT2D eigenvalue weighted by atomic mass is 19.3. The van der Waals surface area contributed by atoms with E-state index in [1.54, 1.807) is 38.5 Å². The molecule has 1 aromatic carbocycles. The number of halogens is 2. The van der Waals surface area contributed by atoms with Gasteiger partial charge in [-0.25, -0.2) is 0 Å². The number of hydrogen-bond acceptors (Lipinski definition) is 8. The van der Waals surface area contributed by atoms with Crippen molar-refractivity contribution < 1.29 is 18.3 Å². The van der Waals surface area contributed by atoms with Gasteiger partial charge in [-0.2, -0.15) is 13.9 Å². The van der Waals surface area contributed by atoms with Crippen molar-refractivity contribution in [2.75, 3.05) is 19.5 Å². The van der Waals surface area contributed by atoms with Crippen molar-refractivity contribution in [3.05, 3.63) is 65.4 Å². The van der Waals surface area contributed by atoms with Crippen LogP contribution in [-0.2, 0) is 12.5 Å². The van der Waals surface area contributed by atoms with Crippen LogP contribution in [0.1, 0.15) is 11.3 Å². The molecule has 0 saturated heterocycles. The number of hydrazone groups is 1. The molecule has 0 bridgehead atoms. The van der Waals surface area contributed by atoms with Crippen LogP contribution in [0.15, 0.2) is 59.3 Å². The summed E-state index contributed by atoms with van der Waals surface area (Å²) in [7, 11) is 8.85. The van der Waals surface area contributed by atoms with E-state index in [0.717, 1.165) is 5.56 Å². The molecule has 0 aliphatic carbocycles. The van der Waals surface area contributed by atoms with Gasteiger partial charge in [0.2, 0.25) is 5.84 Å². The second-order valence-corrected chi connectivity index (χ2v) is 6.81. The standard InChI is InChI=1S/C20H19BF2N6O2/c1-30-14-5-3-12(15(9-14)31-2)10-24-17-7-6-16(25-26-17)20(22,23)19-28-27-18-8-4-13(21)11-29(18)19/h3-9,11,18,27H,10H2,1-2H3,(H,24,26). The fourth-order valence-electron chi connectivity index (χ4n) is 3.19. The summed E-state index contributed by atoms with van der Waals surface area (Å²) in [4.78, 5) is 1.28. The molecule has 2 radical (unpaired) electrons. The second-order valence-electron chi connectivity index (χ2n) is 6.81. The predicted octanol–water partition coefficient (Wildman–Crippen LogP) is 2.32. The van der Waals surface area contributed by atoms with Gasteiger partial charge in [-0.15, -0.1) is 10.2 Å². The van der Waals surface area contributed by atoms with Crippen LogP contribution < -0.4 is 20.2 Å². The first-order valence-electron chi connectivity index (χ1n) is 9.36. The van der Waals surface area contributed by atoms with Gasteiger partial charge in [0, 0.05) is 24.4 Å². The summed E-state index contributed by atoms with van der Waals surface area (Å²) >= 11 is 0. The van der Waals surface area contributed by atoms with E-state index >= 15 is 8.78 Å². The number of ether oxygens (including phenoxy) is 2. The molecule has 0 spiro atoms. The van der Waals surface area contributed by atoms with E-state index in [-0.39, 0.29) is 0 Å². The van der Waals surface area contributed by atoms with Gasteiger partial charge in [-0.3, -0.25) is 5.43 Å². The van der Waals surface area contributed by atoms with Crippen LogP contribution >= 0.6 is 0 Å². The highest BCUT2D eigenvalue weighted by Gasteiger charge is 2.47. The molecule has 3 heterocycles. The molecule has 31 heavy (non-hydrogen) atoms. The summed E-state index contributed by atoms with van der Waals surface area (Å²) in [5.74, 6) is -2.32. The Morgan fingerprint density at radius 2 is 2.03 bits per heavy atom. The lowest BCUT2D eigenvalue weighted by molar-refractivity contribution is 0.0588. The van der Waals surface area contributed by atoms with E-state index < -0.39 is 23.6 Å². The fraction of sp³-hybridized carbons (Fsp3) is 0.250. The van der Waals surface area contributed by atoms with Crippen LogP contribution in [0.5, 0.6) is 11.5 Å². The maximum atomic E-state index is 15.1. The highest BCUT2D eigenvalue weighted by molar-refractivity contribution is 6.23. The highest BCUT2D eigenvalue weighted by Crippen LogP contribution is 2.33. The van der Waals surface area contributed by atoms with E-state index in [1.807, 2.05) is 6.07 Å². The molecule has 0 amide bonds. The minimum absolute atomic E-state index is 0.340. The predicted molar refractivity (Wildman–Crippen MR) is 112 cm³/mol. The lowest BCUT2D eigenvalue weighted by atomic mass is 9.94. The quantitative estimate of drug-likeness (QED) is 0.661. The summed E-state index contributed by atoms with van der Waals surface area (Å²) in [6.07, 6.45) is 4.17. The van der Waals surface area contributed by atoms with Gasteiger partial charge in [0.05, 0.1) is 14.2 Å². The van der Waals surface area contributed by atoms with Crippen molar-refractivity contribution in [2.45, 2.75) is 18.6 Å². The maximum absolute atomic E-state index is 15.1.